The molecular weight excluding hydrogens is 236 g/mol. The number of nitrogen functional groups attached to an aromatic ring is 1. The fourth-order valence-corrected chi connectivity index (χ4v) is 2.92. The molecular formula is C16H26N2O. The zero-order chi connectivity index (χ0) is 13.7. The number of benzene rings is 1. The van der Waals surface area contributed by atoms with E-state index >= 15 is 0 Å². The van der Waals surface area contributed by atoms with Gasteiger partial charge in [0, 0.05) is 6.04 Å². The normalized spacial score (nSPS) is 18.8. The summed E-state index contributed by atoms with van der Waals surface area (Å²) in [5.74, 6) is 0.770. The maximum Gasteiger partial charge on any atom is 0.141 e. The van der Waals surface area contributed by atoms with E-state index in [0.717, 1.165) is 17.9 Å². The molecule has 19 heavy (non-hydrogen) atoms. The first-order valence-corrected chi connectivity index (χ1v) is 7.37. The lowest BCUT2D eigenvalue weighted by Gasteiger charge is -2.27. The zero-order valence-corrected chi connectivity index (χ0v) is 12.2. The van der Waals surface area contributed by atoms with Gasteiger partial charge in [-0.05, 0) is 57.0 Å². The summed E-state index contributed by atoms with van der Waals surface area (Å²) in [7, 11) is 1.66. The fraction of sp³-hybridized carbons (Fsp3) is 0.625. The van der Waals surface area contributed by atoms with Gasteiger partial charge in [0.1, 0.15) is 5.75 Å². The zero-order valence-electron chi connectivity index (χ0n) is 12.2. The number of methoxy groups -OCH3 is 1. The van der Waals surface area contributed by atoms with Gasteiger partial charge >= 0.3 is 0 Å². The lowest BCUT2D eigenvalue weighted by molar-refractivity contribution is 0.216. The number of anilines is 1. The first-order chi connectivity index (χ1) is 9.20. The summed E-state index contributed by atoms with van der Waals surface area (Å²) in [5.41, 5.74) is 8.01. The largest absolute Gasteiger partial charge is 0.495 e. The van der Waals surface area contributed by atoms with Crippen molar-refractivity contribution >= 4 is 5.69 Å². The molecule has 1 heterocycles. The van der Waals surface area contributed by atoms with E-state index in [1.807, 2.05) is 12.1 Å². The molecule has 0 aromatic heterocycles. The van der Waals surface area contributed by atoms with Gasteiger partial charge in [-0.2, -0.15) is 0 Å². The van der Waals surface area contributed by atoms with Crippen LogP contribution in [0.25, 0.3) is 0 Å². The van der Waals surface area contributed by atoms with Crippen LogP contribution in [0.2, 0.25) is 0 Å². The lowest BCUT2D eigenvalue weighted by atomic mass is 10.0. The number of likely N-dealkylation sites (tertiary alicyclic amines) is 1. The smallest absolute Gasteiger partial charge is 0.141 e. The summed E-state index contributed by atoms with van der Waals surface area (Å²) in [6.45, 7) is 4.81. The molecule has 2 N–H and O–H groups in total. The summed E-state index contributed by atoms with van der Waals surface area (Å²) in [6.07, 6.45) is 6.52. The molecule has 1 fully saturated rings. The van der Waals surface area contributed by atoms with Crippen molar-refractivity contribution in [3.63, 3.8) is 0 Å². The average molecular weight is 262 g/mol. The highest BCUT2D eigenvalue weighted by molar-refractivity contribution is 5.54. The highest BCUT2D eigenvalue weighted by atomic mass is 16.5. The molecule has 1 aliphatic rings. The molecule has 0 spiro atoms. The van der Waals surface area contributed by atoms with Crippen molar-refractivity contribution in [2.75, 3.05) is 25.9 Å². The van der Waals surface area contributed by atoms with Crippen LogP contribution in [0.1, 0.15) is 38.2 Å². The molecule has 1 aromatic rings. The molecule has 1 aromatic carbocycles. The van der Waals surface area contributed by atoms with Crippen molar-refractivity contribution in [3.8, 4) is 5.75 Å². The highest BCUT2D eigenvalue weighted by Gasteiger charge is 2.16. The standard InChI is InChI=1S/C16H26N2O/c1-13(18-9-5-3-4-6-10-18)11-14-7-8-16(19-2)15(17)12-14/h7-8,12-13H,3-6,9-11,17H2,1-2H3. The third-order valence-electron chi connectivity index (χ3n) is 4.09. The Hall–Kier alpha value is -1.22. The Kier molecular flexibility index (Phi) is 5.08. The molecule has 1 atom stereocenters. The van der Waals surface area contributed by atoms with E-state index in [1.165, 1.54) is 44.3 Å². The van der Waals surface area contributed by atoms with Crippen LogP contribution >= 0.6 is 0 Å². The Labute approximate surface area is 116 Å². The van der Waals surface area contributed by atoms with Gasteiger partial charge in [-0.25, -0.2) is 0 Å². The van der Waals surface area contributed by atoms with Crippen molar-refractivity contribution in [1.29, 1.82) is 0 Å². The van der Waals surface area contributed by atoms with Crippen molar-refractivity contribution in [2.45, 2.75) is 45.1 Å². The summed E-state index contributed by atoms with van der Waals surface area (Å²) in [6, 6.07) is 6.74. The Balaban J connectivity index is 1.97. The Bertz CT molecular complexity index is 398. The molecule has 1 unspecified atom stereocenters. The second-order valence-corrected chi connectivity index (χ2v) is 5.58. The maximum absolute atomic E-state index is 5.97. The van der Waals surface area contributed by atoms with Gasteiger partial charge in [0.05, 0.1) is 12.8 Å². The Morgan fingerprint density at radius 3 is 2.47 bits per heavy atom. The van der Waals surface area contributed by atoms with Crippen LogP contribution in [-0.4, -0.2) is 31.1 Å². The van der Waals surface area contributed by atoms with Crippen molar-refractivity contribution in [2.24, 2.45) is 0 Å². The third kappa shape index (κ3) is 3.87. The van der Waals surface area contributed by atoms with Gasteiger partial charge in [0.15, 0.2) is 0 Å². The molecule has 1 saturated heterocycles. The minimum absolute atomic E-state index is 0.589. The van der Waals surface area contributed by atoms with Gasteiger partial charge in [-0.3, -0.25) is 0 Å². The fourth-order valence-electron chi connectivity index (χ4n) is 2.92. The molecule has 0 saturated carbocycles. The van der Waals surface area contributed by atoms with Crippen LogP contribution in [0.5, 0.6) is 5.75 Å². The summed E-state index contributed by atoms with van der Waals surface area (Å²) >= 11 is 0. The number of nitrogens with zero attached hydrogens (tertiary/aromatic N) is 1. The third-order valence-corrected chi connectivity index (χ3v) is 4.09. The SMILES string of the molecule is COc1ccc(CC(C)N2CCCCCC2)cc1N. The van der Waals surface area contributed by atoms with Crippen LogP contribution in [0.15, 0.2) is 18.2 Å². The summed E-state index contributed by atoms with van der Waals surface area (Å²) < 4.78 is 5.20. The summed E-state index contributed by atoms with van der Waals surface area (Å²) in [4.78, 5) is 2.62. The van der Waals surface area contributed by atoms with E-state index in [1.54, 1.807) is 7.11 Å². The van der Waals surface area contributed by atoms with Gasteiger partial charge in [-0.1, -0.05) is 18.9 Å². The molecule has 0 amide bonds. The van der Waals surface area contributed by atoms with Crippen LogP contribution in [0.3, 0.4) is 0 Å². The second kappa shape index (κ2) is 6.80. The van der Waals surface area contributed by atoms with Gasteiger partial charge in [0.25, 0.3) is 0 Å². The van der Waals surface area contributed by atoms with Crippen LogP contribution in [0.4, 0.5) is 5.69 Å². The van der Waals surface area contributed by atoms with Crippen molar-refractivity contribution < 1.29 is 4.74 Å². The van der Waals surface area contributed by atoms with Gasteiger partial charge in [-0.15, -0.1) is 0 Å². The lowest BCUT2D eigenvalue weighted by Crippen LogP contribution is -2.35. The molecule has 0 aliphatic carbocycles. The Morgan fingerprint density at radius 2 is 1.89 bits per heavy atom. The van der Waals surface area contributed by atoms with E-state index in [4.69, 9.17) is 10.5 Å². The summed E-state index contributed by atoms with van der Waals surface area (Å²) in [5, 5.41) is 0. The molecule has 3 nitrogen and oxygen atoms in total. The minimum atomic E-state index is 0.589. The monoisotopic (exact) mass is 262 g/mol. The Morgan fingerprint density at radius 1 is 1.21 bits per heavy atom. The molecule has 0 bridgehead atoms. The number of ether oxygens (including phenoxy) is 1. The van der Waals surface area contributed by atoms with Crippen molar-refractivity contribution in [3.05, 3.63) is 23.8 Å². The van der Waals surface area contributed by atoms with Gasteiger partial charge < -0.3 is 15.4 Å². The van der Waals surface area contributed by atoms with E-state index in [-0.39, 0.29) is 0 Å². The molecule has 0 radical (unpaired) electrons. The number of hydrogen-bond donors (Lipinski definition) is 1. The number of nitrogens with two attached hydrogens (primary N) is 1. The highest BCUT2D eigenvalue weighted by Crippen LogP contribution is 2.23. The van der Waals surface area contributed by atoms with Crippen molar-refractivity contribution in [1.82, 2.24) is 4.90 Å². The molecule has 1 aliphatic heterocycles. The van der Waals surface area contributed by atoms with E-state index in [0.29, 0.717) is 6.04 Å². The predicted octanol–water partition coefficient (Wildman–Crippen LogP) is 3.08. The van der Waals surface area contributed by atoms with Gasteiger partial charge in [0.2, 0.25) is 0 Å². The quantitative estimate of drug-likeness (QED) is 0.847. The van der Waals surface area contributed by atoms with Crippen LogP contribution < -0.4 is 10.5 Å². The topological polar surface area (TPSA) is 38.5 Å². The van der Waals surface area contributed by atoms with E-state index in [9.17, 15) is 0 Å². The van der Waals surface area contributed by atoms with Crippen LogP contribution in [-0.2, 0) is 6.42 Å². The first kappa shape index (κ1) is 14.2. The molecule has 2 rings (SSSR count). The molecule has 3 heteroatoms. The van der Waals surface area contributed by atoms with Crippen LogP contribution in [0, 0.1) is 0 Å². The first-order valence-electron chi connectivity index (χ1n) is 7.37. The van der Waals surface area contributed by atoms with E-state index < -0.39 is 0 Å². The number of rotatable bonds is 4. The van der Waals surface area contributed by atoms with E-state index in [2.05, 4.69) is 17.9 Å². The predicted molar refractivity (Wildman–Crippen MR) is 80.6 cm³/mol. The maximum atomic E-state index is 5.97. The number of hydrogen-bond acceptors (Lipinski definition) is 3. The molecule has 106 valence electrons. The minimum Gasteiger partial charge on any atom is -0.495 e. The average Bonchev–Trinajstić information content (AvgIpc) is 2.68. The second-order valence-electron chi connectivity index (χ2n) is 5.58.